The molecule has 0 nitrogen and oxygen atoms in total. The Morgan fingerprint density at radius 2 is 0.303 bits per heavy atom. The van der Waals surface area contributed by atoms with Gasteiger partial charge in [0.15, 0.2) is 0 Å². The minimum absolute atomic E-state index is 1.01. The van der Waals surface area contributed by atoms with Crippen molar-refractivity contribution in [1.29, 1.82) is 0 Å². The second-order valence-corrected chi connectivity index (χ2v) is 23.7. The van der Waals surface area contributed by atoms with E-state index in [1.807, 2.05) is 0 Å². The molecule has 7 rings (SSSR count). The summed E-state index contributed by atoms with van der Waals surface area (Å²) in [5, 5.41) is 0. The zero-order valence-electron chi connectivity index (χ0n) is 39.8. The van der Waals surface area contributed by atoms with Gasteiger partial charge in [-0.25, -0.2) is 0 Å². The van der Waals surface area contributed by atoms with Gasteiger partial charge in [0, 0.05) is 69.0 Å². The highest BCUT2D eigenvalue weighted by atomic mass is 32.2. The Morgan fingerprint density at radius 3 is 0.424 bits per heavy atom. The van der Waals surface area contributed by atoms with Gasteiger partial charge in [0.25, 0.3) is 0 Å². The fraction of sp³-hybridized carbons (Fsp3) is 0.300. The quantitative estimate of drug-likeness (QED) is 0.0588. The van der Waals surface area contributed by atoms with E-state index in [4.69, 9.17) is 0 Å². The number of benzene rings is 7. The van der Waals surface area contributed by atoms with E-state index in [9.17, 15) is 0 Å². The minimum Gasteiger partial charge on any atom is -0.152 e. The molecule has 0 aliphatic heterocycles. The third-order valence-corrected chi connectivity index (χ3v) is 18.2. The second-order valence-electron chi connectivity index (χ2n) is 17.7. The lowest BCUT2D eigenvalue weighted by atomic mass is 9.90. The molecule has 0 saturated carbocycles. The summed E-state index contributed by atoms with van der Waals surface area (Å²) in [6.45, 7) is 13.1. The van der Waals surface area contributed by atoms with Crippen molar-refractivity contribution in [3.05, 3.63) is 246 Å². The zero-order valence-corrected chi connectivity index (χ0v) is 44.7. The predicted octanol–water partition coefficient (Wildman–Crippen LogP) is 18.1. The van der Waals surface area contributed by atoms with E-state index in [1.54, 1.807) is 33.4 Å². The number of aryl methyl sites for hydroxylation is 6. The molecule has 0 aromatic heterocycles. The zero-order chi connectivity index (χ0) is 46.1. The van der Waals surface area contributed by atoms with Crippen LogP contribution in [0.25, 0.3) is 0 Å². The monoisotopic (exact) mass is 978 g/mol. The summed E-state index contributed by atoms with van der Waals surface area (Å²) in [5.41, 5.74) is 26.0. The van der Waals surface area contributed by atoms with Gasteiger partial charge in [-0.05, 0) is 108 Å². The van der Waals surface area contributed by atoms with Gasteiger partial charge in [-0.15, -0.1) is 0 Å². The maximum atomic E-state index is 2.33. The second kappa shape index (κ2) is 26.4. The van der Waals surface area contributed by atoms with E-state index < -0.39 is 0 Å². The highest BCUT2D eigenvalue weighted by molar-refractivity contribution is 7.99. The van der Waals surface area contributed by atoms with Crippen LogP contribution in [0.4, 0.5) is 0 Å². The van der Waals surface area contributed by atoms with Crippen molar-refractivity contribution in [2.24, 2.45) is 0 Å². The van der Waals surface area contributed by atoms with Crippen molar-refractivity contribution in [3.63, 3.8) is 0 Å². The van der Waals surface area contributed by atoms with Crippen molar-refractivity contribution in [2.45, 2.75) is 111 Å². The first-order chi connectivity index (χ1) is 32.2. The van der Waals surface area contributed by atoms with E-state index in [0.29, 0.717) is 0 Å². The summed E-state index contributed by atoms with van der Waals surface area (Å²) < 4.78 is 0. The van der Waals surface area contributed by atoms with Gasteiger partial charge < -0.3 is 0 Å². The smallest absolute Gasteiger partial charge is 0.0194 e. The molecule has 0 spiro atoms. The van der Waals surface area contributed by atoms with Crippen LogP contribution >= 0.6 is 70.6 Å². The van der Waals surface area contributed by atoms with Gasteiger partial charge in [0.2, 0.25) is 0 Å². The number of rotatable bonds is 24. The third-order valence-electron chi connectivity index (χ3n) is 12.0. The fourth-order valence-corrected chi connectivity index (χ4v) is 14.4. The average molecular weight is 980 g/mol. The van der Waals surface area contributed by atoms with Crippen LogP contribution in [0.5, 0.6) is 0 Å². The lowest BCUT2D eigenvalue weighted by Gasteiger charge is -2.27. The van der Waals surface area contributed by atoms with Gasteiger partial charge in [-0.2, -0.15) is 70.6 Å². The molecule has 0 unspecified atom stereocenters. The van der Waals surface area contributed by atoms with E-state index in [0.717, 1.165) is 69.0 Å². The molecule has 0 fully saturated rings. The molecule has 0 atom stereocenters. The van der Waals surface area contributed by atoms with Gasteiger partial charge in [-0.1, -0.05) is 179 Å². The van der Waals surface area contributed by atoms with Crippen LogP contribution in [0.3, 0.4) is 0 Å². The van der Waals surface area contributed by atoms with E-state index >= 15 is 0 Å². The van der Waals surface area contributed by atoms with Crippen molar-refractivity contribution < 1.29 is 0 Å². The first kappa shape index (κ1) is 50.5. The number of hydrogen-bond donors (Lipinski definition) is 0. The van der Waals surface area contributed by atoms with Crippen LogP contribution in [-0.4, -0.2) is 0 Å². The van der Waals surface area contributed by atoms with Crippen LogP contribution in [0.1, 0.15) is 100 Å². The van der Waals surface area contributed by atoms with Crippen molar-refractivity contribution in [3.8, 4) is 0 Å². The largest absolute Gasteiger partial charge is 0.152 e. The molecule has 0 aliphatic rings. The van der Waals surface area contributed by atoms with Crippen LogP contribution in [0.2, 0.25) is 0 Å². The highest BCUT2D eigenvalue weighted by Crippen LogP contribution is 2.42. The third kappa shape index (κ3) is 15.9. The van der Waals surface area contributed by atoms with Crippen LogP contribution in [0, 0.1) is 41.5 Å². The van der Waals surface area contributed by atoms with Crippen LogP contribution in [0.15, 0.2) is 146 Å². The molecule has 0 aliphatic carbocycles. The molecule has 66 heavy (non-hydrogen) atoms. The summed E-state index contributed by atoms with van der Waals surface area (Å²) in [4.78, 5) is 0. The minimum atomic E-state index is 1.01. The Kier molecular flexibility index (Phi) is 20.2. The average Bonchev–Trinajstić information content (AvgIpc) is 3.32. The Labute approximate surface area is 423 Å². The first-order valence-electron chi connectivity index (χ1n) is 23.1. The molecule has 342 valence electrons. The van der Waals surface area contributed by atoms with Gasteiger partial charge in [0.1, 0.15) is 0 Å². The molecule has 6 heteroatoms. The molecule has 0 N–H and O–H groups in total. The molecule has 0 amide bonds. The summed E-state index contributed by atoms with van der Waals surface area (Å²) in [7, 11) is 0. The van der Waals surface area contributed by atoms with Crippen molar-refractivity contribution in [2.75, 3.05) is 0 Å². The van der Waals surface area contributed by atoms with Gasteiger partial charge >= 0.3 is 0 Å². The standard InChI is InChI=1S/C60H66S6/c1-43-7-19-49(20-8-43)31-61-37-55-56(38-62-32-50-21-9-44(2)10-22-50)58(40-64-34-52-25-13-46(4)14-26-52)60(42-66-36-54-29-17-48(6)18-30-54)59(41-65-35-53-27-15-47(5)16-28-53)57(55)39-63-33-51-23-11-45(3)12-24-51/h7-30H,31-42H2,1-6H3. The van der Waals surface area contributed by atoms with Crippen LogP contribution in [-0.2, 0) is 69.0 Å². The highest BCUT2D eigenvalue weighted by Gasteiger charge is 2.24. The Balaban J connectivity index is 1.33. The summed E-state index contributed by atoms with van der Waals surface area (Å²) in [6.07, 6.45) is 0. The topological polar surface area (TPSA) is 0 Å². The summed E-state index contributed by atoms with van der Waals surface area (Å²) in [5.74, 6) is 12.1. The number of thioether (sulfide) groups is 6. The van der Waals surface area contributed by atoms with E-state index in [2.05, 4.69) is 258 Å². The van der Waals surface area contributed by atoms with E-state index in [1.165, 1.54) is 66.8 Å². The molecular formula is C60H66S6. The summed E-state index contributed by atoms with van der Waals surface area (Å²) >= 11 is 12.6. The normalized spacial score (nSPS) is 11.4. The molecule has 7 aromatic rings. The molecule has 7 aromatic carbocycles. The Morgan fingerprint density at radius 1 is 0.182 bits per heavy atom. The van der Waals surface area contributed by atoms with Gasteiger partial charge in [0.05, 0.1) is 0 Å². The Bertz CT molecular complexity index is 2050. The maximum Gasteiger partial charge on any atom is 0.0194 e. The molecule has 0 radical (unpaired) electrons. The lowest BCUT2D eigenvalue weighted by molar-refractivity contribution is 1.07. The SMILES string of the molecule is Cc1ccc(CSCc2c(CSCc3ccc(C)cc3)c(CSCc3ccc(C)cc3)c(CSCc3ccc(C)cc3)c(CSCc3ccc(C)cc3)c2CSCc2ccc(C)cc2)cc1. The lowest BCUT2D eigenvalue weighted by Crippen LogP contribution is -2.12. The van der Waals surface area contributed by atoms with Crippen molar-refractivity contribution >= 4 is 70.6 Å². The first-order valence-corrected chi connectivity index (χ1v) is 30.1. The molecule has 0 heterocycles. The fourth-order valence-electron chi connectivity index (χ4n) is 7.87. The summed E-state index contributed by atoms with van der Waals surface area (Å²) in [6, 6.07) is 55.2. The maximum absolute atomic E-state index is 2.33. The number of hydrogen-bond acceptors (Lipinski definition) is 6. The predicted molar refractivity (Wildman–Crippen MR) is 304 cm³/mol. The van der Waals surface area contributed by atoms with E-state index in [-0.39, 0.29) is 0 Å². The molecular weight excluding hydrogens is 913 g/mol. The van der Waals surface area contributed by atoms with Gasteiger partial charge in [-0.3, -0.25) is 0 Å². The Hall–Kier alpha value is -3.36. The van der Waals surface area contributed by atoms with Crippen LogP contribution < -0.4 is 0 Å². The molecule has 0 saturated heterocycles. The van der Waals surface area contributed by atoms with Crippen molar-refractivity contribution in [1.82, 2.24) is 0 Å². The molecule has 0 bridgehead atoms.